The Morgan fingerprint density at radius 1 is 1.26 bits per heavy atom. The summed E-state index contributed by atoms with van der Waals surface area (Å²) < 4.78 is 11.3. The lowest BCUT2D eigenvalue weighted by atomic mass is 10.2. The third-order valence-electron chi connectivity index (χ3n) is 4.11. The molecule has 0 radical (unpaired) electrons. The van der Waals surface area contributed by atoms with E-state index in [9.17, 15) is 9.59 Å². The van der Waals surface area contributed by atoms with Gasteiger partial charge in [-0.25, -0.2) is 4.79 Å². The second-order valence-corrected chi connectivity index (χ2v) is 7.31. The van der Waals surface area contributed by atoms with Gasteiger partial charge in [0.25, 0.3) is 5.91 Å². The van der Waals surface area contributed by atoms with E-state index in [1.54, 1.807) is 24.3 Å². The molecule has 0 saturated heterocycles. The number of rotatable bonds is 9. The minimum Gasteiger partial charge on any atom is -0.488 e. The average Bonchev–Trinajstić information content (AvgIpc) is 2.91. The number of hydrogen-bond acceptors (Lipinski definition) is 6. The van der Waals surface area contributed by atoms with Gasteiger partial charge >= 0.3 is 5.97 Å². The van der Waals surface area contributed by atoms with Crippen molar-refractivity contribution in [3.05, 3.63) is 35.5 Å². The fourth-order valence-corrected chi connectivity index (χ4v) is 2.57. The van der Waals surface area contributed by atoms with Crippen molar-refractivity contribution in [1.82, 2.24) is 4.90 Å². The summed E-state index contributed by atoms with van der Waals surface area (Å²) in [5.41, 5.74) is 1.08. The first kappa shape index (κ1) is 20.7. The number of ether oxygens (including phenoxy) is 2. The summed E-state index contributed by atoms with van der Waals surface area (Å²) in [5.74, 6) is -0.171. The molecule has 0 saturated carbocycles. The molecular weight excluding hydrogens is 350 g/mol. The second kappa shape index (κ2) is 8.88. The van der Waals surface area contributed by atoms with E-state index in [-0.39, 0.29) is 36.9 Å². The summed E-state index contributed by atoms with van der Waals surface area (Å²) in [7, 11) is 7.57. The van der Waals surface area contributed by atoms with Crippen LogP contribution in [0.2, 0.25) is 0 Å². The lowest BCUT2D eigenvalue weighted by molar-refractivity contribution is -0.870. The number of aliphatic hydroxyl groups excluding tert-OH is 1. The number of hydrogen-bond donors (Lipinski definition) is 2. The van der Waals surface area contributed by atoms with Gasteiger partial charge in [-0.15, -0.1) is 0 Å². The maximum atomic E-state index is 12.5. The Balaban J connectivity index is 2.07. The van der Waals surface area contributed by atoms with Crippen LogP contribution in [-0.2, 0) is 14.3 Å². The normalized spacial score (nSPS) is 14.6. The van der Waals surface area contributed by atoms with E-state index < -0.39 is 5.97 Å². The molecule has 8 heteroatoms. The number of methoxy groups -OCH3 is 1. The molecule has 8 nitrogen and oxygen atoms in total. The lowest BCUT2D eigenvalue weighted by Gasteiger charge is -2.23. The van der Waals surface area contributed by atoms with Gasteiger partial charge in [0.2, 0.25) is 0 Å². The molecule has 1 heterocycles. The van der Waals surface area contributed by atoms with E-state index >= 15 is 0 Å². The number of nitrogens with zero attached hydrogens (tertiary/aromatic N) is 2. The van der Waals surface area contributed by atoms with Gasteiger partial charge in [-0.1, -0.05) is 0 Å². The molecule has 2 rings (SSSR count). The lowest BCUT2D eigenvalue weighted by Crippen LogP contribution is -2.38. The molecule has 27 heavy (non-hydrogen) atoms. The number of likely N-dealkylation sites (N-methyl/N-ethyl adjacent to an activating group) is 1. The van der Waals surface area contributed by atoms with E-state index in [4.69, 9.17) is 14.6 Å². The second-order valence-electron chi connectivity index (χ2n) is 7.31. The molecule has 0 bridgehead atoms. The largest absolute Gasteiger partial charge is 0.488 e. The monoisotopic (exact) mass is 378 g/mol. The van der Waals surface area contributed by atoms with Crippen LogP contribution in [0.5, 0.6) is 5.75 Å². The third-order valence-corrected chi connectivity index (χ3v) is 4.11. The predicted octanol–water partition coefficient (Wildman–Crippen LogP) is 0.445. The van der Waals surface area contributed by atoms with Crippen LogP contribution in [0.3, 0.4) is 0 Å². The van der Waals surface area contributed by atoms with E-state index in [1.807, 2.05) is 0 Å². The first-order chi connectivity index (χ1) is 12.7. The summed E-state index contributed by atoms with van der Waals surface area (Å²) >= 11 is 0. The van der Waals surface area contributed by atoms with Crippen molar-refractivity contribution in [3.63, 3.8) is 0 Å². The molecule has 0 unspecified atom stereocenters. The van der Waals surface area contributed by atoms with Crippen LogP contribution in [0.25, 0.3) is 0 Å². The number of anilines is 1. The summed E-state index contributed by atoms with van der Waals surface area (Å²) in [6.45, 7) is 1.57. The van der Waals surface area contributed by atoms with E-state index in [1.165, 1.54) is 12.0 Å². The number of benzene rings is 1. The van der Waals surface area contributed by atoms with Gasteiger partial charge in [0, 0.05) is 12.2 Å². The zero-order valence-corrected chi connectivity index (χ0v) is 16.3. The minimum absolute atomic E-state index is 0.112. The minimum atomic E-state index is -0.563. The molecule has 0 fully saturated rings. The highest BCUT2D eigenvalue weighted by molar-refractivity contribution is 6.08. The van der Waals surface area contributed by atoms with Gasteiger partial charge in [0.15, 0.2) is 0 Å². The van der Waals surface area contributed by atoms with E-state index in [0.29, 0.717) is 12.3 Å². The molecule has 1 aromatic carbocycles. The maximum absolute atomic E-state index is 12.5. The number of carbonyl (C=O) groups excluding carboxylic acids is 2. The summed E-state index contributed by atoms with van der Waals surface area (Å²) in [6.07, 6.45) is 0. The van der Waals surface area contributed by atoms with Crippen molar-refractivity contribution in [3.8, 4) is 5.75 Å². The zero-order chi connectivity index (χ0) is 20.0. The average molecular weight is 378 g/mol. The number of nitrogens with one attached hydrogen (secondary N) is 1. The van der Waals surface area contributed by atoms with Crippen LogP contribution in [0.1, 0.15) is 0 Å². The molecule has 1 aliphatic heterocycles. The maximum Gasteiger partial charge on any atom is 0.337 e. The highest BCUT2D eigenvalue weighted by Crippen LogP contribution is 2.24. The summed E-state index contributed by atoms with van der Waals surface area (Å²) in [4.78, 5) is 25.9. The molecule has 1 aliphatic rings. The molecule has 2 N–H and O–H groups in total. The van der Waals surface area contributed by atoms with Crippen LogP contribution < -0.4 is 10.1 Å². The van der Waals surface area contributed by atoms with Crippen LogP contribution in [-0.4, -0.2) is 87.5 Å². The van der Waals surface area contributed by atoms with Gasteiger partial charge in [0.1, 0.15) is 24.6 Å². The Morgan fingerprint density at radius 3 is 2.48 bits per heavy atom. The molecule has 148 valence electrons. The Morgan fingerprint density at radius 2 is 1.93 bits per heavy atom. The van der Waals surface area contributed by atoms with Crippen molar-refractivity contribution in [2.45, 2.75) is 0 Å². The number of amides is 1. The van der Waals surface area contributed by atoms with Crippen LogP contribution >= 0.6 is 0 Å². The summed E-state index contributed by atoms with van der Waals surface area (Å²) in [5, 5.41) is 12.1. The number of carbonyl (C=O) groups is 2. The van der Waals surface area contributed by atoms with Gasteiger partial charge in [-0.2, -0.15) is 0 Å². The van der Waals surface area contributed by atoms with Crippen molar-refractivity contribution in [2.75, 3.05) is 66.4 Å². The highest BCUT2D eigenvalue weighted by atomic mass is 16.5. The quantitative estimate of drug-likeness (QED) is 0.479. The number of β-amino-alcohol motifs (C(OH)–C–C–N with tert-alkyl or cyclic N) is 1. The molecule has 1 aromatic rings. The van der Waals surface area contributed by atoms with Crippen LogP contribution in [0.4, 0.5) is 5.69 Å². The topological polar surface area (TPSA) is 88.1 Å². The van der Waals surface area contributed by atoms with Gasteiger partial charge in [-0.3, -0.25) is 4.79 Å². The first-order valence-corrected chi connectivity index (χ1v) is 8.77. The van der Waals surface area contributed by atoms with Crippen LogP contribution in [0, 0.1) is 0 Å². The van der Waals surface area contributed by atoms with E-state index in [0.717, 1.165) is 16.8 Å². The summed E-state index contributed by atoms with van der Waals surface area (Å²) in [6, 6.07) is 7.18. The fraction of sp³-hybridized carbons (Fsp3) is 0.474. The highest BCUT2D eigenvalue weighted by Gasteiger charge is 2.34. The van der Waals surface area contributed by atoms with Gasteiger partial charge in [0.05, 0.1) is 47.0 Å². The molecule has 0 aromatic heterocycles. The van der Waals surface area contributed by atoms with Gasteiger partial charge in [-0.05, 0) is 24.3 Å². The van der Waals surface area contributed by atoms with Gasteiger partial charge < -0.3 is 29.3 Å². The Hall–Kier alpha value is -2.58. The first-order valence-electron chi connectivity index (χ1n) is 8.77. The molecule has 1 amide bonds. The molecule has 0 atom stereocenters. The van der Waals surface area contributed by atoms with E-state index in [2.05, 4.69) is 26.5 Å². The standard InChI is InChI=1S/C19H27N3O5/c1-22(2,3)10-12-27-15-7-5-14(6-8-15)20-17-16(19(25)26-4)13-21(9-11-23)18(17)24/h5-8,23H,9-13H2,1-4H3/p+1. The van der Waals surface area contributed by atoms with Crippen LogP contribution in [0.15, 0.2) is 35.5 Å². The Bertz CT molecular complexity index is 707. The zero-order valence-electron chi connectivity index (χ0n) is 16.3. The van der Waals surface area contributed by atoms with Crippen molar-refractivity contribution in [2.24, 2.45) is 0 Å². The Labute approximate surface area is 159 Å². The molecule has 0 spiro atoms. The number of quaternary nitrogens is 1. The Kier molecular flexibility index (Phi) is 6.81. The smallest absolute Gasteiger partial charge is 0.337 e. The third kappa shape index (κ3) is 5.70. The SMILES string of the molecule is COC(=O)C1=C(Nc2ccc(OCC[N+](C)(C)C)cc2)C(=O)N(CCO)C1. The van der Waals surface area contributed by atoms with Crippen molar-refractivity contribution >= 4 is 17.6 Å². The van der Waals surface area contributed by atoms with Crippen molar-refractivity contribution < 1.29 is 28.7 Å². The number of aliphatic hydroxyl groups is 1. The fourth-order valence-electron chi connectivity index (χ4n) is 2.57. The number of esters is 1. The predicted molar refractivity (Wildman–Crippen MR) is 101 cm³/mol. The molecular formula is C19H28N3O5+. The molecule has 0 aliphatic carbocycles. The van der Waals surface area contributed by atoms with Crippen molar-refractivity contribution in [1.29, 1.82) is 0 Å².